The number of nitrogens with two attached hydrogens (primary N) is 1. The monoisotopic (exact) mass is 334 g/mol. The summed E-state index contributed by atoms with van der Waals surface area (Å²) in [4.78, 5) is 8.40. The van der Waals surface area contributed by atoms with Crippen molar-refractivity contribution >= 4 is 11.8 Å². The lowest BCUT2D eigenvalue weighted by atomic mass is 10.2. The maximum Gasteiger partial charge on any atom is 0.187 e. The van der Waals surface area contributed by atoms with Crippen molar-refractivity contribution in [3.8, 4) is 11.5 Å². The van der Waals surface area contributed by atoms with Gasteiger partial charge in [0.25, 0.3) is 0 Å². The van der Waals surface area contributed by atoms with Gasteiger partial charge in [-0.15, -0.1) is 0 Å². The standard InChI is InChI=1S/C17H23N3O2S/c1-3-22-15-7-6-14(12-16(15)21-2)13-18-8-5-11-23-17-19-9-4-10-20-17/h4,6-7,9-10,12,18H,3,5,8,11,13H2,1-2H3/p+1. The van der Waals surface area contributed by atoms with Crippen molar-refractivity contribution in [3.05, 3.63) is 42.2 Å². The molecule has 0 radical (unpaired) electrons. The molecule has 6 heteroatoms. The number of benzene rings is 1. The molecule has 0 amide bonds. The first-order valence-electron chi connectivity index (χ1n) is 7.84. The summed E-state index contributed by atoms with van der Waals surface area (Å²) in [7, 11) is 1.67. The van der Waals surface area contributed by atoms with Crippen LogP contribution < -0.4 is 14.8 Å². The van der Waals surface area contributed by atoms with Crippen molar-refractivity contribution in [1.82, 2.24) is 9.97 Å². The minimum absolute atomic E-state index is 0.643. The van der Waals surface area contributed by atoms with Gasteiger partial charge in [0.05, 0.1) is 20.3 Å². The molecule has 1 heterocycles. The van der Waals surface area contributed by atoms with Gasteiger partial charge in [-0.3, -0.25) is 0 Å². The van der Waals surface area contributed by atoms with Gasteiger partial charge < -0.3 is 14.8 Å². The van der Waals surface area contributed by atoms with Gasteiger partial charge in [-0.25, -0.2) is 9.97 Å². The second-order valence-electron chi connectivity index (χ2n) is 4.93. The summed E-state index contributed by atoms with van der Waals surface area (Å²) in [5.41, 5.74) is 1.24. The first kappa shape index (κ1) is 17.6. The fourth-order valence-corrected chi connectivity index (χ4v) is 2.90. The van der Waals surface area contributed by atoms with E-state index in [0.717, 1.165) is 41.9 Å². The average molecular weight is 334 g/mol. The first-order valence-corrected chi connectivity index (χ1v) is 8.83. The predicted octanol–water partition coefficient (Wildman–Crippen LogP) is 2.13. The van der Waals surface area contributed by atoms with E-state index in [4.69, 9.17) is 9.47 Å². The molecule has 0 fully saturated rings. The zero-order valence-electron chi connectivity index (χ0n) is 13.7. The number of quaternary nitrogens is 1. The minimum Gasteiger partial charge on any atom is -0.493 e. The molecule has 0 bridgehead atoms. The molecule has 124 valence electrons. The third-order valence-corrected chi connectivity index (χ3v) is 4.20. The molecule has 2 N–H and O–H groups in total. The third-order valence-electron chi connectivity index (χ3n) is 3.23. The van der Waals surface area contributed by atoms with Crippen LogP contribution in [0.5, 0.6) is 11.5 Å². The van der Waals surface area contributed by atoms with Crippen molar-refractivity contribution in [2.45, 2.75) is 25.0 Å². The van der Waals surface area contributed by atoms with Crippen LogP contribution in [0, 0.1) is 0 Å². The summed E-state index contributed by atoms with van der Waals surface area (Å²) in [6.07, 6.45) is 4.68. The Bertz CT molecular complexity index is 581. The maximum absolute atomic E-state index is 5.53. The van der Waals surface area contributed by atoms with E-state index in [2.05, 4.69) is 21.4 Å². The van der Waals surface area contributed by atoms with Crippen molar-refractivity contribution in [2.24, 2.45) is 0 Å². The normalized spacial score (nSPS) is 10.5. The van der Waals surface area contributed by atoms with Crippen LogP contribution in [0.1, 0.15) is 18.9 Å². The first-order chi connectivity index (χ1) is 11.3. The number of hydrogen-bond donors (Lipinski definition) is 1. The molecule has 0 atom stereocenters. The predicted molar refractivity (Wildman–Crippen MR) is 92.0 cm³/mol. The van der Waals surface area contributed by atoms with E-state index >= 15 is 0 Å². The van der Waals surface area contributed by atoms with Crippen LogP contribution >= 0.6 is 11.8 Å². The summed E-state index contributed by atoms with van der Waals surface area (Å²) in [6, 6.07) is 7.96. The molecule has 0 saturated heterocycles. The number of aromatic nitrogens is 2. The molecule has 2 aromatic rings. The van der Waals surface area contributed by atoms with E-state index in [1.54, 1.807) is 31.3 Å². The van der Waals surface area contributed by atoms with Gasteiger partial charge in [0, 0.05) is 30.1 Å². The van der Waals surface area contributed by atoms with Crippen LogP contribution in [0.3, 0.4) is 0 Å². The van der Waals surface area contributed by atoms with E-state index in [-0.39, 0.29) is 0 Å². The number of rotatable bonds is 10. The number of nitrogens with zero attached hydrogens (tertiary/aromatic N) is 2. The van der Waals surface area contributed by atoms with Crippen LogP contribution in [-0.2, 0) is 6.54 Å². The Kier molecular flexibility index (Phi) is 7.69. The van der Waals surface area contributed by atoms with E-state index < -0.39 is 0 Å². The number of thioether (sulfide) groups is 1. The van der Waals surface area contributed by atoms with Crippen molar-refractivity contribution in [2.75, 3.05) is 26.0 Å². The molecule has 1 aromatic heterocycles. The quantitative estimate of drug-likeness (QED) is 0.410. The van der Waals surface area contributed by atoms with E-state index in [1.165, 1.54) is 5.56 Å². The topological polar surface area (TPSA) is 60.9 Å². The molecule has 0 spiro atoms. The number of methoxy groups -OCH3 is 1. The van der Waals surface area contributed by atoms with Crippen LogP contribution in [-0.4, -0.2) is 36.0 Å². The maximum atomic E-state index is 5.53. The Morgan fingerprint density at radius 2 is 2.00 bits per heavy atom. The lowest BCUT2D eigenvalue weighted by molar-refractivity contribution is -0.670. The SMILES string of the molecule is CCOc1ccc(C[NH2+]CCCSc2ncccn2)cc1OC. The molecule has 1 aromatic carbocycles. The van der Waals surface area contributed by atoms with Gasteiger partial charge in [-0.1, -0.05) is 11.8 Å². The molecule has 0 saturated carbocycles. The summed E-state index contributed by atoms with van der Waals surface area (Å²) in [6.45, 7) is 4.63. The molecule has 23 heavy (non-hydrogen) atoms. The van der Waals surface area contributed by atoms with Crippen LogP contribution in [0.2, 0.25) is 0 Å². The van der Waals surface area contributed by atoms with Crippen LogP contribution in [0.4, 0.5) is 0 Å². The highest BCUT2D eigenvalue weighted by Gasteiger charge is 2.06. The average Bonchev–Trinajstić information content (AvgIpc) is 2.60. The zero-order valence-corrected chi connectivity index (χ0v) is 14.5. The fourth-order valence-electron chi connectivity index (χ4n) is 2.13. The Balaban J connectivity index is 1.68. The fraction of sp³-hybridized carbons (Fsp3) is 0.412. The number of ether oxygens (including phenoxy) is 2. The second kappa shape index (κ2) is 10.1. The van der Waals surface area contributed by atoms with Crippen molar-refractivity contribution in [1.29, 1.82) is 0 Å². The van der Waals surface area contributed by atoms with Crippen LogP contribution in [0.15, 0.2) is 41.8 Å². The molecular formula is C17H24N3O2S+. The lowest BCUT2D eigenvalue weighted by Crippen LogP contribution is -2.82. The van der Waals surface area contributed by atoms with Gasteiger partial charge in [-0.05, 0) is 31.2 Å². The van der Waals surface area contributed by atoms with Crippen molar-refractivity contribution in [3.63, 3.8) is 0 Å². The Labute approximate surface area is 141 Å². The summed E-state index contributed by atoms with van der Waals surface area (Å²) >= 11 is 1.70. The molecule has 0 aliphatic carbocycles. The highest BCUT2D eigenvalue weighted by Crippen LogP contribution is 2.27. The largest absolute Gasteiger partial charge is 0.493 e. The van der Waals surface area contributed by atoms with E-state index in [1.807, 2.05) is 25.1 Å². The van der Waals surface area contributed by atoms with Gasteiger partial charge in [0.2, 0.25) is 0 Å². The molecule has 2 rings (SSSR count). The minimum atomic E-state index is 0.643. The van der Waals surface area contributed by atoms with Gasteiger partial charge in [-0.2, -0.15) is 0 Å². The zero-order chi connectivity index (χ0) is 16.3. The van der Waals surface area contributed by atoms with Crippen LogP contribution in [0.25, 0.3) is 0 Å². The van der Waals surface area contributed by atoms with Gasteiger partial charge in [0.15, 0.2) is 16.7 Å². The highest BCUT2D eigenvalue weighted by molar-refractivity contribution is 7.99. The Hall–Kier alpha value is -1.79. The summed E-state index contributed by atoms with van der Waals surface area (Å²) < 4.78 is 10.9. The van der Waals surface area contributed by atoms with Gasteiger partial charge >= 0.3 is 0 Å². The molecular weight excluding hydrogens is 310 g/mol. The Morgan fingerprint density at radius 1 is 1.17 bits per heavy atom. The summed E-state index contributed by atoms with van der Waals surface area (Å²) in [5, 5.41) is 3.16. The Morgan fingerprint density at radius 3 is 2.74 bits per heavy atom. The van der Waals surface area contributed by atoms with Crippen molar-refractivity contribution < 1.29 is 14.8 Å². The summed E-state index contributed by atoms with van der Waals surface area (Å²) in [5.74, 6) is 2.64. The van der Waals surface area contributed by atoms with E-state index in [0.29, 0.717) is 6.61 Å². The molecule has 0 aliphatic heterocycles. The smallest absolute Gasteiger partial charge is 0.187 e. The van der Waals surface area contributed by atoms with E-state index in [9.17, 15) is 0 Å². The highest BCUT2D eigenvalue weighted by atomic mass is 32.2. The number of hydrogen-bond acceptors (Lipinski definition) is 5. The molecule has 0 aliphatic rings. The van der Waals surface area contributed by atoms with Gasteiger partial charge in [0.1, 0.15) is 6.54 Å². The lowest BCUT2D eigenvalue weighted by Gasteiger charge is -2.10. The molecule has 0 unspecified atom stereocenters. The third kappa shape index (κ3) is 6.08. The second-order valence-corrected chi connectivity index (χ2v) is 6.00. The molecule has 5 nitrogen and oxygen atoms in total.